The molecule has 4 heteroatoms. The maximum atomic E-state index is 11.8. The summed E-state index contributed by atoms with van der Waals surface area (Å²) in [5.74, 6) is -0.205. The van der Waals surface area contributed by atoms with Crippen molar-refractivity contribution >= 4 is 34.6 Å². The summed E-state index contributed by atoms with van der Waals surface area (Å²) in [5, 5.41) is 0. The van der Waals surface area contributed by atoms with E-state index in [2.05, 4.69) is 0 Å². The van der Waals surface area contributed by atoms with E-state index in [1.807, 2.05) is 37.3 Å². The van der Waals surface area contributed by atoms with E-state index in [9.17, 15) is 4.79 Å². The normalized spacial score (nSPS) is 22.5. The number of halogens is 2. The first-order chi connectivity index (χ1) is 8.65. The van der Waals surface area contributed by atoms with Crippen LogP contribution in [0.1, 0.15) is 18.9 Å². The fourth-order valence-corrected chi connectivity index (χ4v) is 2.68. The number of benzene rings is 1. The maximum Gasteiger partial charge on any atom is 0.145 e. The van der Waals surface area contributed by atoms with Gasteiger partial charge in [-0.3, -0.25) is 4.79 Å². The van der Waals surface area contributed by atoms with Crippen LogP contribution in [-0.4, -0.2) is 18.5 Å². The Balaban J connectivity index is 2.33. The van der Waals surface area contributed by atoms with Gasteiger partial charge in [0.2, 0.25) is 0 Å². The van der Waals surface area contributed by atoms with Gasteiger partial charge in [-0.05, 0) is 12.5 Å². The Kier molecular flexibility index (Phi) is 4.44. The molecule has 2 nitrogen and oxygen atoms in total. The van der Waals surface area contributed by atoms with Crippen LogP contribution in [0.25, 0.3) is 5.57 Å². The fraction of sp³-hybridized carbons (Fsp3) is 0.357. The Labute approximate surface area is 117 Å². The lowest BCUT2D eigenvalue weighted by atomic mass is 9.73. The van der Waals surface area contributed by atoms with Crippen LogP contribution in [0.5, 0.6) is 0 Å². The van der Waals surface area contributed by atoms with Gasteiger partial charge in [0, 0.05) is 18.6 Å². The van der Waals surface area contributed by atoms with Gasteiger partial charge in [0.15, 0.2) is 0 Å². The first-order valence-corrected chi connectivity index (χ1v) is 6.65. The molecule has 0 amide bonds. The highest BCUT2D eigenvalue weighted by Gasteiger charge is 2.44. The van der Waals surface area contributed by atoms with Crippen LogP contribution in [-0.2, 0) is 9.53 Å². The van der Waals surface area contributed by atoms with Crippen molar-refractivity contribution in [2.75, 3.05) is 6.61 Å². The first-order valence-electron chi connectivity index (χ1n) is 5.90. The molecule has 0 unspecified atom stereocenters. The van der Waals surface area contributed by atoms with Crippen LogP contribution in [0.2, 0.25) is 0 Å². The lowest BCUT2D eigenvalue weighted by molar-refractivity contribution is -0.139. The van der Waals surface area contributed by atoms with Crippen LogP contribution >= 0.6 is 23.2 Å². The van der Waals surface area contributed by atoms with Gasteiger partial charge in [-0.2, -0.15) is 0 Å². The number of hydrogen-bond donors (Lipinski definition) is 0. The zero-order valence-electron chi connectivity index (χ0n) is 10.0. The second-order valence-electron chi connectivity index (χ2n) is 4.18. The molecule has 0 aromatic heterocycles. The van der Waals surface area contributed by atoms with Crippen LogP contribution in [0.4, 0.5) is 0 Å². The van der Waals surface area contributed by atoms with Crippen molar-refractivity contribution in [1.29, 1.82) is 0 Å². The average Bonchev–Trinajstić information content (AvgIpc) is 2.36. The van der Waals surface area contributed by atoms with Crippen molar-refractivity contribution in [3.05, 3.63) is 40.4 Å². The Morgan fingerprint density at radius 1 is 1.33 bits per heavy atom. The molecule has 0 bridgehead atoms. The Morgan fingerprint density at radius 3 is 2.50 bits per heavy atom. The topological polar surface area (TPSA) is 26.3 Å². The van der Waals surface area contributed by atoms with Gasteiger partial charge in [0.05, 0.1) is 12.0 Å². The van der Waals surface area contributed by atoms with E-state index < -0.39 is 0 Å². The molecular weight excluding hydrogens is 271 g/mol. The van der Waals surface area contributed by atoms with Crippen LogP contribution in [0, 0.1) is 5.92 Å². The summed E-state index contributed by atoms with van der Waals surface area (Å²) in [6.07, 6.45) is 0.334. The summed E-state index contributed by atoms with van der Waals surface area (Å²) in [6.45, 7) is 2.49. The number of Topliss-reactive ketones (excluding diaryl/α,β-unsaturated/α-hetero) is 1. The number of ketones is 1. The zero-order chi connectivity index (χ0) is 13.1. The molecule has 96 valence electrons. The Morgan fingerprint density at radius 2 is 2.00 bits per heavy atom. The monoisotopic (exact) mass is 284 g/mol. The van der Waals surface area contributed by atoms with Gasteiger partial charge in [-0.25, -0.2) is 0 Å². The molecule has 1 saturated carbocycles. The molecule has 0 radical (unpaired) electrons. The lowest BCUT2D eigenvalue weighted by Gasteiger charge is -2.36. The second kappa shape index (κ2) is 5.87. The van der Waals surface area contributed by atoms with Crippen molar-refractivity contribution in [3.63, 3.8) is 0 Å². The van der Waals surface area contributed by atoms with Crippen LogP contribution in [0.15, 0.2) is 34.8 Å². The molecule has 0 heterocycles. The fourth-order valence-electron chi connectivity index (χ4n) is 2.23. The largest absolute Gasteiger partial charge is 0.377 e. The predicted octanol–water partition coefficient (Wildman–Crippen LogP) is 3.83. The molecule has 2 rings (SSSR count). The lowest BCUT2D eigenvalue weighted by Crippen LogP contribution is -2.44. The minimum atomic E-state index is -0.336. The van der Waals surface area contributed by atoms with E-state index >= 15 is 0 Å². The SMILES string of the molecule is CCO[C@H]1CC(=O)[C@@H]1C(=C(Cl)Cl)c1ccccc1. The Hall–Kier alpha value is -0.830. The van der Waals surface area contributed by atoms with Crippen LogP contribution in [0.3, 0.4) is 0 Å². The van der Waals surface area contributed by atoms with Crippen molar-refractivity contribution in [1.82, 2.24) is 0 Å². The highest BCUT2D eigenvalue weighted by Crippen LogP contribution is 2.41. The van der Waals surface area contributed by atoms with Gasteiger partial charge in [-0.15, -0.1) is 0 Å². The summed E-state index contributed by atoms with van der Waals surface area (Å²) < 4.78 is 5.68. The molecular formula is C14H14Cl2O2. The quantitative estimate of drug-likeness (QED) is 0.840. The molecule has 0 aliphatic heterocycles. The number of rotatable bonds is 4. The minimum Gasteiger partial charge on any atom is -0.377 e. The van der Waals surface area contributed by atoms with Gasteiger partial charge in [0.25, 0.3) is 0 Å². The summed E-state index contributed by atoms with van der Waals surface area (Å²) in [4.78, 5) is 11.8. The minimum absolute atomic E-state index is 0.106. The third-order valence-corrected chi connectivity index (χ3v) is 3.51. The van der Waals surface area contributed by atoms with Gasteiger partial charge in [0.1, 0.15) is 10.3 Å². The molecule has 1 aromatic rings. The van der Waals surface area contributed by atoms with Gasteiger partial charge in [-0.1, -0.05) is 53.5 Å². The van der Waals surface area contributed by atoms with Gasteiger partial charge >= 0.3 is 0 Å². The molecule has 0 N–H and O–H groups in total. The smallest absolute Gasteiger partial charge is 0.145 e. The summed E-state index contributed by atoms with van der Waals surface area (Å²) in [7, 11) is 0. The molecule has 1 aliphatic rings. The highest BCUT2D eigenvalue weighted by atomic mass is 35.5. The molecule has 0 spiro atoms. The standard InChI is InChI=1S/C14H14Cl2O2/c1-2-18-11-8-10(17)13(11)12(14(15)16)9-6-4-3-5-7-9/h3-7,11,13H,2,8H2,1H3/t11-,13-/m0/s1. The average molecular weight is 285 g/mol. The summed E-state index contributed by atoms with van der Waals surface area (Å²) in [5.41, 5.74) is 1.55. The zero-order valence-corrected chi connectivity index (χ0v) is 11.5. The maximum absolute atomic E-state index is 11.8. The molecule has 0 saturated heterocycles. The molecule has 1 fully saturated rings. The van der Waals surface area contributed by atoms with Crippen molar-refractivity contribution in [2.24, 2.45) is 5.92 Å². The molecule has 2 atom stereocenters. The van der Waals surface area contributed by atoms with Crippen molar-refractivity contribution in [3.8, 4) is 0 Å². The molecule has 1 aliphatic carbocycles. The van der Waals surface area contributed by atoms with E-state index in [1.54, 1.807) is 0 Å². The number of carbonyl (C=O) groups is 1. The predicted molar refractivity (Wildman–Crippen MR) is 73.6 cm³/mol. The van der Waals surface area contributed by atoms with E-state index in [0.717, 1.165) is 5.56 Å². The van der Waals surface area contributed by atoms with Crippen molar-refractivity contribution in [2.45, 2.75) is 19.4 Å². The molecule has 1 aromatic carbocycles. The third-order valence-electron chi connectivity index (χ3n) is 3.10. The van der Waals surface area contributed by atoms with Crippen molar-refractivity contribution < 1.29 is 9.53 Å². The second-order valence-corrected chi connectivity index (χ2v) is 5.13. The van der Waals surface area contributed by atoms with E-state index in [1.165, 1.54) is 0 Å². The number of carbonyl (C=O) groups excluding carboxylic acids is 1. The number of ether oxygens (including phenoxy) is 1. The number of hydrogen-bond acceptors (Lipinski definition) is 2. The Bertz CT molecular complexity index is 464. The van der Waals surface area contributed by atoms with E-state index in [0.29, 0.717) is 18.6 Å². The summed E-state index contributed by atoms with van der Waals surface area (Å²) >= 11 is 11.9. The van der Waals surface area contributed by atoms with Gasteiger partial charge < -0.3 is 4.74 Å². The van der Waals surface area contributed by atoms with E-state index in [-0.39, 0.29) is 22.3 Å². The molecule has 18 heavy (non-hydrogen) atoms. The van der Waals surface area contributed by atoms with E-state index in [4.69, 9.17) is 27.9 Å². The first kappa shape index (κ1) is 13.6. The third kappa shape index (κ3) is 2.61. The summed E-state index contributed by atoms with van der Waals surface area (Å²) in [6, 6.07) is 9.49. The highest BCUT2D eigenvalue weighted by molar-refractivity contribution is 6.58. The van der Waals surface area contributed by atoms with Crippen LogP contribution < -0.4 is 0 Å².